The maximum absolute atomic E-state index is 12.5. The number of piperazine rings is 1. The lowest BCUT2D eigenvalue weighted by molar-refractivity contribution is -0.135. The van der Waals surface area contributed by atoms with Gasteiger partial charge in [-0.05, 0) is 26.3 Å². The fourth-order valence-electron chi connectivity index (χ4n) is 3.12. The molecule has 116 valence electrons. The van der Waals surface area contributed by atoms with Gasteiger partial charge in [0.25, 0.3) is 0 Å². The molecular weight excluding hydrogens is 284 g/mol. The zero-order chi connectivity index (χ0) is 14.7. The van der Waals surface area contributed by atoms with E-state index in [9.17, 15) is 4.79 Å². The maximum Gasteiger partial charge on any atom is 0.239 e. The summed E-state index contributed by atoms with van der Waals surface area (Å²) in [5.74, 6) is 0.304. The first-order valence-corrected chi connectivity index (χ1v) is 8.76. The fraction of sp³-hybridized carbons (Fsp3) is 0.733. The van der Waals surface area contributed by atoms with Crippen LogP contribution in [0.4, 0.5) is 0 Å². The van der Waals surface area contributed by atoms with Gasteiger partial charge in [0, 0.05) is 38.1 Å². The van der Waals surface area contributed by atoms with E-state index in [1.165, 1.54) is 12.8 Å². The maximum atomic E-state index is 12.5. The minimum atomic E-state index is 0.0616. The van der Waals surface area contributed by atoms with Crippen molar-refractivity contribution < 1.29 is 4.79 Å². The Balaban J connectivity index is 1.47. The summed E-state index contributed by atoms with van der Waals surface area (Å²) in [5, 5.41) is 6.62. The van der Waals surface area contributed by atoms with Crippen molar-refractivity contribution in [3.63, 3.8) is 0 Å². The molecular formula is C15H24N4OS. The summed E-state index contributed by atoms with van der Waals surface area (Å²) in [5.41, 5.74) is 1.16. The number of nitrogens with one attached hydrogen (secondary N) is 1. The number of rotatable bonds is 3. The first-order chi connectivity index (χ1) is 10.2. The van der Waals surface area contributed by atoms with Gasteiger partial charge in [0.1, 0.15) is 0 Å². The Bertz CT molecular complexity index is 476. The number of carbonyl (C=O) groups is 1. The monoisotopic (exact) mass is 308 g/mol. The summed E-state index contributed by atoms with van der Waals surface area (Å²) in [6, 6.07) is 0.0616. The van der Waals surface area contributed by atoms with E-state index in [0.29, 0.717) is 5.91 Å². The molecule has 6 heteroatoms. The van der Waals surface area contributed by atoms with E-state index < -0.39 is 0 Å². The van der Waals surface area contributed by atoms with Crippen LogP contribution in [-0.4, -0.2) is 59.5 Å². The van der Waals surface area contributed by atoms with Crippen molar-refractivity contribution in [3.05, 3.63) is 16.1 Å². The Labute approximate surface area is 130 Å². The third-order valence-electron chi connectivity index (χ3n) is 4.34. The van der Waals surface area contributed by atoms with E-state index in [4.69, 9.17) is 0 Å². The molecule has 0 aromatic carbocycles. The quantitative estimate of drug-likeness (QED) is 0.913. The first kappa shape index (κ1) is 14.9. The van der Waals surface area contributed by atoms with Crippen LogP contribution in [0.1, 0.15) is 30.0 Å². The highest BCUT2D eigenvalue weighted by molar-refractivity contribution is 7.09. The zero-order valence-corrected chi connectivity index (χ0v) is 13.5. The number of nitrogens with zero attached hydrogens (tertiary/aromatic N) is 3. The van der Waals surface area contributed by atoms with Gasteiger partial charge >= 0.3 is 0 Å². The van der Waals surface area contributed by atoms with Gasteiger partial charge in [0.2, 0.25) is 5.91 Å². The second kappa shape index (κ2) is 6.85. The van der Waals surface area contributed by atoms with Gasteiger partial charge in [-0.2, -0.15) is 0 Å². The van der Waals surface area contributed by atoms with Crippen LogP contribution in [0.25, 0.3) is 0 Å². The molecule has 2 aliphatic heterocycles. The smallest absolute Gasteiger partial charge is 0.239 e. The molecule has 2 saturated heterocycles. The Kier molecular flexibility index (Phi) is 4.87. The Morgan fingerprint density at radius 3 is 2.81 bits per heavy atom. The molecule has 3 heterocycles. The topological polar surface area (TPSA) is 48.5 Å². The molecule has 1 unspecified atom stereocenters. The average molecular weight is 308 g/mol. The van der Waals surface area contributed by atoms with Gasteiger partial charge in [0.15, 0.2) is 0 Å². The van der Waals surface area contributed by atoms with Gasteiger partial charge in [0.05, 0.1) is 16.7 Å². The number of hydrogen-bond donors (Lipinski definition) is 1. The number of carbonyl (C=O) groups excluding carboxylic acids is 1. The highest BCUT2D eigenvalue weighted by atomic mass is 32.1. The van der Waals surface area contributed by atoms with E-state index >= 15 is 0 Å². The third kappa shape index (κ3) is 3.81. The summed E-state index contributed by atoms with van der Waals surface area (Å²) >= 11 is 1.71. The van der Waals surface area contributed by atoms with E-state index in [-0.39, 0.29) is 6.04 Å². The van der Waals surface area contributed by atoms with Gasteiger partial charge in [-0.3, -0.25) is 9.69 Å². The van der Waals surface area contributed by atoms with Crippen molar-refractivity contribution >= 4 is 17.2 Å². The molecule has 0 bridgehead atoms. The molecule has 1 aromatic heterocycles. The molecule has 0 aliphatic carbocycles. The largest absolute Gasteiger partial charge is 0.339 e. The van der Waals surface area contributed by atoms with Crippen LogP contribution in [0, 0.1) is 6.92 Å². The summed E-state index contributed by atoms with van der Waals surface area (Å²) in [4.78, 5) is 21.4. The highest BCUT2D eigenvalue weighted by Crippen LogP contribution is 2.14. The van der Waals surface area contributed by atoms with Crippen LogP contribution in [0.15, 0.2) is 5.38 Å². The van der Waals surface area contributed by atoms with Gasteiger partial charge in [-0.25, -0.2) is 4.98 Å². The fourth-order valence-corrected chi connectivity index (χ4v) is 3.72. The SMILES string of the molecule is Cc1nc(CN2CCN(C(=O)C3CCCCN3)CC2)cs1. The molecule has 3 rings (SSSR count). The van der Waals surface area contributed by atoms with E-state index in [1.54, 1.807) is 11.3 Å². The predicted molar refractivity (Wildman–Crippen MR) is 84.3 cm³/mol. The minimum Gasteiger partial charge on any atom is -0.339 e. The van der Waals surface area contributed by atoms with E-state index in [1.807, 2.05) is 11.8 Å². The van der Waals surface area contributed by atoms with Crippen molar-refractivity contribution in [2.45, 2.75) is 38.8 Å². The van der Waals surface area contributed by atoms with Gasteiger partial charge < -0.3 is 10.2 Å². The number of amides is 1. The van der Waals surface area contributed by atoms with Crippen LogP contribution in [0.2, 0.25) is 0 Å². The van der Waals surface area contributed by atoms with Gasteiger partial charge in [-0.15, -0.1) is 11.3 Å². The number of thiazole rings is 1. The third-order valence-corrected chi connectivity index (χ3v) is 5.17. The van der Waals surface area contributed by atoms with Crippen molar-refractivity contribution in [1.29, 1.82) is 0 Å². The molecule has 1 N–H and O–H groups in total. The van der Waals surface area contributed by atoms with Crippen molar-refractivity contribution in [3.8, 4) is 0 Å². The van der Waals surface area contributed by atoms with Crippen molar-refractivity contribution in [2.24, 2.45) is 0 Å². The predicted octanol–water partition coefficient (Wildman–Crippen LogP) is 1.24. The second-order valence-electron chi connectivity index (χ2n) is 5.96. The zero-order valence-electron chi connectivity index (χ0n) is 12.7. The van der Waals surface area contributed by atoms with E-state index in [0.717, 1.165) is 56.4 Å². The molecule has 0 radical (unpaired) electrons. The molecule has 2 aliphatic rings. The lowest BCUT2D eigenvalue weighted by atomic mass is 10.0. The van der Waals surface area contributed by atoms with Crippen molar-refractivity contribution in [2.75, 3.05) is 32.7 Å². The van der Waals surface area contributed by atoms with Crippen LogP contribution in [0.3, 0.4) is 0 Å². The lowest BCUT2D eigenvalue weighted by Gasteiger charge is -2.37. The van der Waals surface area contributed by atoms with E-state index in [2.05, 4.69) is 20.6 Å². The van der Waals surface area contributed by atoms with Crippen LogP contribution in [0.5, 0.6) is 0 Å². The standard InChI is InChI=1S/C15H24N4OS/c1-12-17-13(11-21-12)10-18-6-8-19(9-7-18)15(20)14-4-2-3-5-16-14/h11,14,16H,2-10H2,1H3. The first-order valence-electron chi connectivity index (χ1n) is 7.88. The number of piperidine rings is 1. The summed E-state index contributed by atoms with van der Waals surface area (Å²) < 4.78 is 0. The highest BCUT2D eigenvalue weighted by Gasteiger charge is 2.28. The minimum absolute atomic E-state index is 0.0616. The summed E-state index contributed by atoms with van der Waals surface area (Å²) in [6.45, 7) is 7.54. The Morgan fingerprint density at radius 1 is 1.38 bits per heavy atom. The number of hydrogen-bond acceptors (Lipinski definition) is 5. The number of aryl methyl sites for hydroxylation is 1. The molecule has 21 heavy (non-hydrogen) atoms. The van der Waals surface area contributed by atoms with Crippen molar-refractivity contribution in [1.82, 2.24) is 20.1 Å². The van der Waals surface area contributed by atoms with Crippen LogP contribution >= 0.6 is 11.3 Å². The Morgan fingerprint density at radius 2 is 2.19 bits per heavy atom. The van der Waals surface area contributed by atoms with Crippen LogP contribution in [-0.2, 0) is 11.3 Å². The molecule has 0 saturated carbocycles. The molecule has 1 atom stereocenters. The molecule has 5 nitrogen and oxygen atoms in total. The number of aromatic nitrogens is 1. The van der Waals surface area contributed by atoms with Crippen LogP contribution < -0.4 is 5.32 Å². The average Bonchev–Trinajstić information content (AvgIpc) is 2.93. The molecule has 1 amide bonds. The molecule has 2 fully saturated rings. The summed E-state index contributed by atoms with van der Waals surface area (Å²) in [6.07, 6.45) is 3.37. The summed E-state index contributed by atoms with van der Waals surface area (Å²) in [7, 11) is 0. The Hall–Kier alpha value is -0.980. The second-order valence-corrected chi connectivity index (χ2v) is 7.02. The lowest BCUT2D eigenvalue weighted by Crippen LogP contribution is -2.54. The molecule has 1 aromatic rings. The normalized spacial score (nSPS) is 24.2. The molecule has 0 spiro atoms. The van der Waals surface area contributed by atoms with Gasteiger partial charge in [-0.1, -0.05) is 6.42 Å².